The molecule has 144 valence electrons. The molecule has 0 unspecified atom stereocenters. The molecule has 1 N–H and O–H groups in total. The molecule has 1 amide bonds. The molecule has 0 fully saturated rings. The molecule has 5 heteroatoms. The van der Waals surface area contributed by atoms with Gasteiger partial charge in [-0.3, -0.25) is 4.79 Å². The van der Waals surface area contributed by atoms with Gasteiger partial charge in [0.15, 0.2) is 0 Å². The van der Waals surface area contributed by atoms with Gasteiger partial charge >= 0.3 is 0 Å². The van der Waals surface area contributed by atoms with Crippen molar-refractivity contribution in [2.75, 3.05) is 0 Å². The minimum absolute atomic E-state index is 0.0637. The van der Waals surface area contributed by atoms with E-state index in [0.717, 1.165) is 35.9 Å². The summed E-state index contributed by atoms with van der Waals surface area (Å²) in [7, 11) is 0. The first-order chi connectivity index (χ1) is 14.3. The van der Waals surface area contributed by atoms with Crippen molar-refractivity contribution in [2.45, 2.75) is 31.8 Å². The molecular weight excluding hydrogens is 360 g/mol. The van der Waals surface area contributed by atoms with Crippen LogP contribution in [-0.4, -0.2) is 20.9 Å². The van der Waals surface area contributed by atoms with Crippen LogP contribution < -0.4 is 5.32 Å². The molecule has 0 aliphatic heterocycles. The fourth-order valence-electron chi connectivity index (χ4n) is 4.13. The van der Waals surface area contributed by atoms with Gasteiger partial charge in [0.05, 0.1) is 18.1 Å². The number of nitrogens with zero attached hydrogens (tertiary/aromatic N) is 3. The number of benzene rings is 3. The first kappa shape index (κ1) is 17.6. The van der Waals surface area contributed by atoms with Crippen LogP contribution in [0.4, 0.5) is 0 Å². The molecule has 4 aromatic rings. The minimum atomic E-state index is -0.0637. The molecule has 1 aromatic heterocycles. The fraction of sp³-hybridized carbons (Fsp3) is 0.208. The molecule has 0 radical (unpaired) electrons. The second kappa shape index (κ2) is 7.51. The molecule has 1 aliphatic rings. The lowest BCUT2D eigenvalue weighted by molar-refractivity contribution is 0.0933. The Morgan fingerprint density at radius 1 is 1.03 bits per heavy atom. The fourth-order valence-corrected chi connectivity index (χ4v) is 4.13. The molecule has 1 atom stereocenters. The lowest BCUT2D eigenvalue weighted by Gasteiger charge is -2.26. The number of hydrogen-bond donors (Lipinski definition) is 1. The summed E-state index contributed by atoms with van der Waals surface area (Å²) in [5, 5.41) is 11.8. The second-order valence-corrected chi connectivity index (χ2v) is 7.55. The van der Waals surface area contributed by atoms with E-state index >= 15 is 0 Å². The summed E-state index contributed by atoms with van der Waals surface area (Å²) in [5.41, 5.74) is 6.01. The predicted molar refractivity (Wildman–Crippen MR) is 113 cm³/mol. The van der Waals surface area contributed by atoms with Gasteiger partial charge in [-0.2, -0.15) is 0 Å². The summed E-state index contributed by atoms with van der Waals surface area (Å²) in [5.74, 6) is -0.0637. The van der Waals surface area contributed by atoms with E-state index in [2.05, 4.69) is 46.0 Å². The number of rotatable bonds is 4. The molecule has 3 aromatic carbocycles. The maximum atomic E-state index is 12.9. The topological polar surface area (TPSA) is 59.8 Å². The van der Waals surface area contributed by atoms with Crippen molar-refractivity contribution in [2.24, 2.45) is 0 Å². The van der Waals surface area contributed by atoms with Gasteiger partial charge in [0, 0.05) is 5.56 Å². The van der Waals surface area contributed by atoms with Crippen molar-refractivity contribution < 1.29 is 4.79 Å². The van der Waals surface area contributed by atoms with Crippen LogP contribution in [0, 0.1) is 0 Å². The zero-order valence-electron chi connectivity index (χ0n) is 16.1. The Balaban J connectivity index is 1.37. The Kier molecular flexibility index (Phi) is 4.56. The summed E-state index contributed by atoms with van der Waals surface area (Å²) in [6.45, 7) is 0.655. The second-order valence-electron chi connectivity index (χ2n) is 7.55. The van der Waals surface area contributed by atoms with Crippen LogP contribution in [0.2, 0.25) is 0 Å². The molecule has 0 spiro atoms. The van der Waals surface area contributed by atoms with Gasteiger partial charge in [-0.15, -0.1) is 5.10 Å². The first-order valence-corrected chi connectivity index (χ1v) is 10.0. The quantitative estimate of drug-likeness (QED) is 0.573. The average molecular weight is 382 g/mol. The van der Waals surface area contributed by atoms with Gasteiger partial charge in [-0.05, 0) is 54.2 Å². The normalized spacial score (nSPS) is 15.8. The lowest BCUT2D eigenvalue weighted by Crippen LogP contribution is -2.30. The number of fused-ring (bicyclic) bond motifs is 2. The zero-order chi connectivity index (χ0) is 19.6. The van der Waals surface area contributed by atoms with Crippen molar-refractivity contribution in [3.05, 3.63) is 95.1 Å². The third kappa shape index (κ3) is 3.51. The molecule has 1 aliphatic carbocycles. The number of hydrogen-bond acceptors (Lipinski definition) is 3. The van der Waals surface area contributed by atoms with E-state index in [9.17, 15) is 4.79 Å². The maximum absolute atomic E-state index is 12.9. The Bertz CT molecular complexity index is 1170. The molecule has 1 heterocycles. The van der Waals surface area contributed by atoms with E-state index in [-0.39, 0.29) is 11.9 Å². The van der Waals surface area contributed by atoms with E-state index in [4.69, 9.17) is 0 Å². The summed E-state index contributed by atoms with van der Waals surface area (Å²) < 4.78 is 1.86. The molecule has 5 nitrogen and oxygen atoms in total. The van der Waals surface area contributed by atoms with Crippen LogP contribution in [0.5, 0.6) is 0 Å². The monoisotopic (exact) mass is 382 g/mol. The van der Waals surface area contributed by atoms with E-state index in [1.807, 2.05) is 47.1 Å². The highest BCUT2D eigenvalue weighted by atomic mass is 16.1. The summed E-state index contributed by atoms with van der Waals surface area (Å²) in [4.78, 5) is 12.9. The van der Waals surface area contributed by atoms with Gasteiger partial charge < -0.3 is 5.32 Å². The molecular formula is C24H22N4O. The largest absolute Gasteiger partial charge is 0.345 e. The summed E-state index contributed by atoms with van der Waals surface area (Å²) >= 11 is 0. The van der Waals surface area contributed by atoms with Crippen molar-refractivity contribution in [1.82, 2.24) is 20.3 Å². The minimum Gasteiger partial charge on any atom is -0.345 e. The summed E-state index contributed by atoms with van der Waals surface area (Å²) in [6, 6.07) is 24.2. The van der Waals surface area contributed by atoms with E-state index < -0.39 is 0 Å². The maximum Gasteiger partial charge on any atom is 0.251 e. The number of nitrogens with one attached hydrogen (secondary N) is 1. The molecule has 29 heavy (non-hydrogen) atoms. The number of amides is 1. The van der Waals surface area contributed by atoms with Gasteiger partial charge in [0.25, 0.3) is 5.91 Å². The van der Waals surface area contributed by atoms with Crippen LogP contribution in [0.1, 0.15) is 45.9 Å². The Morgan fingerprint density at radius 3 is 2.76 bits per heavy atom. The smallest absolute Gasteiger partial charge is 0.251 e. The third-order valence-electron chi connectivity index (χ3n) is 5.63. The Labute approximate surface area is 169 Å². The number of carbonyl (C=O) groups excluding carboxylic acids is 1. The van der Waals surface area contributed by atoms with Crippen LogP contribution in [0.25, 0.3) is 11.0 Å². The van der Waals surface area contributed by atoms with E-state index in [1.54, 1.807) is 0 Å². The van der Waals surface area contributed by atoms with Crippen LogP contribution >= 0.6 is 0 Å². The average Bonchev–Trinajstić information content (AvgIpc) is 3.17. The summed E-state index contributed by atoms with van der Waals surface area (Å²) in [6.07, 6.45) is 3.14. The van der Waals surface area contributed by atoms with E-state index in [0.29, 0.717) is 12.1 Å². The van der Waals surface area contributed by atoms with Crippen molar-refractivity contribution in [3.63, 3.8) is 0 Å². The molecule has 0 saturated heterocycles. The predicted octanol–water partition coefficient (Wildman–Crippen LogP) is 4.29. The Morgan fingerprint density at radius 2 is 1.86 bits per heavy atom. The molecule has 0 bridgehead atoms. The third-order valence-corrected chi connectivity index (χ3v) is 5.63. The van der Waals surface area contributed by atoms with Crippen LogP contribution in [0.15, 0.2) is 72.8 Å². The van der Waals surface area contributed by atoms with Crippen molar-refractivity contribution in [3.8, 4) is 0 Å². The SMILES string of the molecule is O=C(N[C@@H]1CCCc2ccccc21)c1ccc2c(c1)nnn2Cc1ccccc1. The van der Waals surface area contributed by atoms with Crippen molar-refractivity contribution >= 4 is 16.9 Å². The zero-order valence-corrected chi connectivity index (χ0v) is 16.1. The lowest BCUT2D eigenvalue weighted by atomic mass is 9.87. The molecule has 5 rings (SSSR count). The standard InChI is InChI=1S/C24H22N4O/c29-24(25-21-12-6-10-18-9-4-5-11-20(18)21)19-13-14-23-22(15-19)26-27-28(23)16-17-7-2-1-3-8-17/h1-5,7-9,11,13-15,21H,6,10,12,16H2,(H,25,29)/t21-/m1/s1. The highest BCUT2D eigenvalue weighted by Gasteiger charge is 2.22. The van der Waals surface area contributed by atoms with E-state index in [1.165, 1.54) is 11.1 Å². The van der Waals surface area contributed by atoms with Crippen molar-refractivity contribution in [1.29, 1.82) is 0 Å². The van der Waals surface area contributed by atoms with Gasteiger partial charge in [0.2, 0.25) is 0 Å². The van der Waals surface area contributed by atoms with Gasteiger partial charge in [0.1, 0.15) is 5.52 Å². The number of aromatic nitrogens is 3. The number of carbonyl (C=O) groups is 1. The highest BCUT2D eigenvalue weighted by molar-refractivity contribution is 5.97. The van der Waals surface area contributed by atoms with Gasteiger partial charge in [-0.1, -0.05) is 59.8 Å². The van der Waals surface area contributed by atoms with Crippen LogP contribution in [-0.2, 0) is 13.0 Å². The highest BCUT2D eigenvalue weighted by Crippen LogP contribution is 2.29. The first-order valence-electron chi connectivity index (χ1n) is 10.0. The Hall–Kier alpha value is -3.47. The number of aryl methyl sites for hydroxylation is 1. The molecule has 0 saturated carbocycles. The van der Waals surface area contributed by atoms with Crippen LogP contribution in [0.3, 0.4) is 0 Å². The van der Waals surface area contributed by atoms with Gasteiger partial charge in [-0.25, -0.2) is 4.68 Å².